The Hall–Kier alpha value is -0.920. The van der Waals surface area contributed by atoms with Crippen LogP contribution in [0.4, 0.5) is 0 Å². The van der Waals surface area contributed by atoms with Crippen LogP contribution in [0.2, 0.25) is 0 Å². The monoisotopic (exact) mass is 272 g/mol. The first kappa shape index (κ1) is 12.8. The highest BCUT2D eigenvalue weighted by molar-refractivity contribution is 5.87. The summed E-state index contributed by atoms with van der Waals surface area (Å²) in [5.74, 6) is 3.03. The maximum Gasteiger partial charge on any atom is 0.139 e. The zero-order valence-electron chi connectivity index (χ0n) is 12.4. The van der Waals surface area contributed by atoms with Crippen molar-refractivity contribution in [3.05, 3.63) is 11.1 Å². The minimum absolute atomic E-state index is 0.0102. The number of carbonyl (C=O) groups is 2. The minimum Gasteiger partial charge on any atom is -0.299 e. The molecule has 2 heteroatoms. The molecule has 4 aliphatic carbocycles. The summed E-state index contributed by atoms with van der Waals surface area (Å²) < 4.78 is 0. The lowest BCUT2D eigenvalue weighted by Gasteiger charge is -2.49. The van der Waals surface area contributed by atoms with Crippen LogP contribution in [0.1, 0.15) is 64.7 Å². The Kier molecular flexibility index (Phi) is 2.74. The average molecular weight is 272 g/mol. The molecule has 0 aliphatic heterocycles. The van der Waals surface area contributed by atoms with Crippen molar-refractivity contribution in [2.75, 3.05) is 0 Å². The van der Waals surface area contributed by atoms with Gasteiger partial charge in [0, 0.05) is 24.7 Å². The predicted molar refractivity (Wildman–Crippen MR) is 77.2 cm³/mol. The van der Waals surface area contributed by atoms with E-state index >= 15 is 0 Å². The first-order valence-corrected chi connectivity index (χ1v) is 8.35. The maximum atomic E-state index is 12.3. The molecule has 4 rings (SSSR count). The van der Waals surface area contributed by atoms with Crippen molar-refractivity contribution in [3.8, 4) is 0 Å². The van der Waals surface area contributed by atoms with Gasteiger partial charge in [-0.15, -0.1) is 0 Å². The molecule has 0 radical (unpaired) electrons. The van der Waals surface area contributed by atoms with Crippen molar-refractivity contribution in [2.24, 2.45) is 23.2 Å². The molecule has 4 aliphatic rings. The van der Waals surface area contributed by atoms with Gasteiger partial charge >= 0.3 is 0 Å². The van der Waals surface area contributed by atoms with Gasteiger partial charge in [-0.1, -0.05) is 18.1 Å². The quantitative estimate of drug-likeness (QED) is 0.628. The van der Waals surface area contributed by atoms with Crippen LogP contribution in [0.3, 0.4) is 0 Å². The van der Waals surface area contributed by atoms with Gasteiger partial charge < -0.3 is 0 Å². The number of hydrogen-bond acceptors (Lipinski definition) is 2. The summed E-state index contributed by atoms with van der Waals surface area (Å²) in [4.78, 5) is 23.9. The number of ketones is 2. The number of Topliss-reactive ketones (excluding diaryl/α,β-unsaturated/α-hetero) is 2. The molecule has 0 unspecified atom stereocenters. The van der Waals surface area contributed by atoms with E-state index in [1.54, 1.807) is 5.57 Å². The molecule has 4 atom stereocenters. The van der Waals surface area contributed by atoms with Crippen molar-refractivity contribution in [3.63, 3.8) is 0 Å². The van der Waals surface area contributed by atoms with E-state index in [1.165, 1.54) is 18.4 Å². The predicted octanol–water partition coefficient (Wildman–Crippen LogP) is 3.84. The van der Waals surface area contributed by atoms with E-state index in [0.717, 1.165) is 50.9 Å². The Morgan fingerprint density at radius 3 is 2.70 bits per heavy atom. The standard InChI is InChI=1S/C18H24O2/c1-18-9-8-14-13-5-3-12(19)10-11(13)2-4-15(14)16(18)6-7-17(18)20/h14-16H,2-10H2,1H3/t14-,15+,16-,18+/m1/s1. The number of hydrogen-bond donors (Lipinski definition) is 0. The zero-order valence-corrected chi connectivity index (χ0v) is 12.4. The van der Waals surface area contributed by atoms with Gasteiger partial charge in [-0.05, 0) is 56.3 Å². The van der Waals surface area contributed by atoms with Crippen LogP contribution in [0.5, 0.6) is 0 Å². The first-order chi connectivity index (χ1) is 9.59. The molecule has 0 spiro atoms. The summed E-state index contributed by atoms with van der Waals surface area (Å²) >= 11 is 0. The summed E-state index contributed by atoms with van der Waals surface area (Å²) in [7, 11) is 0. The highest BCUT2D eigenvalue weighted by Crippen LogP contribution is 2.59. The molecule has 0 bridgehead atoms. The third kappa shape index (κ3) is 1.63. The second-order valence-electron chi connectivity index (χ2n) is 7.68. The summed E-state index contributed by atoms with van der Waals surface area (Å²) in [5.41, 5.74) is 3.11. The summed E-state index contributed by atoms with van der Waals surface area (Å²) in [6.45, 7) is 2.23. The summed E-state index contributed by atoms with van der Waals surface area (Å²) in [5, 5.41) is 0. The van der Waals surface area contributed by atoms with Crippen molar-refractivity contribution in [1.82, 2.24) is 0 Å². The second-order valence-corrected chi connectivity index (χ2v) is 7.68. The van der Waals surface area contributed by atoms with Gasteiger partial charge in [0.2, 0.25) is 0 Å². The Balaban J connectivity index is 1.67. The number of carbonyl (C=O) groups excluding carboxylic acids is 2. The van der Waals surface area contributed by atoms with Crippen LogP contribution >= 0.6 is 0 Å². The Bertz CT molecular complexity index is 516. The smallest absolute Gasteiger partial charge is 0.139 e. The SMILES string of the molecule is C[C@]12CC[C@@H]3C4=C(CC[C@@H]3[C@H]1CCC2=O)CC(=O)CC4. The Morgan fingerprint density at radius 1 is 1.00 bits per heavy atom. The van der Waals surface area contributed by atoms with Crippen LogP contribution < -0.4 is 0 Å². The van der Waals surface area contributed by atoms with Crippen molar-refractivity contribution < 1.29 is 9.59 Å². The largest absolute Gasteiger partial charge is 0.299 e. The highest BCUT2D eigenvalue weighted by atomic mass is 16.1. The fourth-order valence-corrected chi connectivity index (χ4v) is 5.82. The van der Waals surface area contributed by atoms with E-state index in [9.17, 15) is 9.59 Å². The van der Waals surface area contributed by atoms with Crippen LogP contribution in [-0.4, -0.2) is 11.6 Å². The van der Waals surface area contributed by atoms with E-state index < -0.39 is 0 Å². The Morgan fingerprint density at radius 2 is 1.85 bits per heavy atom. The third-order valence-electron chi connectivity index (χ3n) is 6.91. The van der Waals surface area contributed by atoms with Crippen molar-refractivity contribution >= 4 is 11.6 Å². The number of fused-ring (bicyclic) bond motifs is 4. The molecule has 0 saturated heterocycles. The second kappa shape index (κ2) is 4.29. The zero-order chi connectivity index (χ0) is 13.9. The topological polar surface area (TPSA) is 34.1 Å². The van der Waals surface area contributed by atoms with Gasteiger partial charge in [-0.25, -0.2) is 0 Å². The lowest BCUT2D eigenvalue weighted by atomic mass is 9.54. The normalized spacial score (nSPS) is 44.1. The average Bonchev–Trinajstić information content (AvgIpc) is 2.74. The van der Waals surface area contributed by atoms with Crippen LogP contribution in [0.15, 0.2) is 11.1 Å². The lowest BCUT2D eigenvalue weighted by molar-refractivity contribution is -0.129. The lowest BCUT2D eigenvalue weighted by Crippen LogP contribution is -2.44. The summed E-state index contributed by atoms with van der Waals surface area (Å²) in [6.07, 6.45) is 9.09. The first-order valence-electron chi connectivity index (χ1n) is 8.35. The van der Waals surface area contributed by atoms with Gasteiger partial charge in [0.1, 0.15) is 11.6 Å². The molecule has 0 aromatic heterocycles. The van der Waals surface area contributed by atoms with E-state index in [1.807, 2.05) is 0 Å². The molecule has 0 N–H and O–H groups in total. The van der Waals surface area contributed by atoms with Gasteiger partial charge in [0.15, 0.2) is 0 Å². The fraction of sp³-hybridized carbons (Fsp3) is 0.778. The van der Waals surface area contributed by atoms with Gasteiger partial charge in [-0.2, -0.15) is 0 Å². The molecular weight excluding hydrogens is 248 g/mol. The molecule has 20 heavy (non-hydrogen) atoms. The third-order valence-corrected chi connectivity index (χ3v) is 6.91. The minimum atomic E-state index is -0.0102. The van der Waals surface area contributed by atoms with E-state index in [-0.39, 0.29) is 5.41 Å². The summed E-state index contributed by atoms with van der Waals surface area (Å²) in [6, 6.07) is 0. The molecule has 0 aromatic rings. The fourth-order valence-electron chi connectivity index (χ4n) is 5.82. The van der Waals surface area contributed by atoms with Gasteiger partial charge in [0.25, 0.3) is 0 Å². The van der Waals surface area contributed by atoms with E-state index in [0.29, 0.717) is 23.4 Å². The van der Waals surface area contributed by atoms with Crippen LogP contribution in [0.25, 0.3) is 0 Å². The van der Waals surface area contributed by atoms with Gasteiger partial charge in [0.05, 0.1) is 0 Å². The maximum absolute atomic E-state index is 12.3. The van der Waals surface area contributed by atoms with Crippen molar-refractivity contribution in [1.29, 1.82) is 0 Å². The molecule has 2 fully saturated rings. The van der Waals surface area contributed by atoms with Crippen LogP contribution in [0, 0.1) is 23.2 Å². The number of rotatable bonds is 0. The van der Waals surface area contributed by atoms with Crippen LogP contribution in [-0.2, 0) is 9.59 Å². The van der Waals surface area contributed by atoms with E-state index in [2.05, 4.69) is 6.92 Å². The molecular formula is C18H24O2. The van der Waals surface area contributed by atoms with Gasteiger partial charge in [-0.3, -0.25) is 9.59 Å². The molecule has 2 nitrogen and oxygen atoms in total. The molecule has 2 saturated carbocycles. The molecule has 0 amide bonds. The molecule has 0 heterocycles. The Labute approximate surface area is 121 Å². The molecule has 108 valence electrons. The highest BCUT2D eigenvalue weighted by Gasteiger charge is 2.54. The van der Waals surface area contributed by atoms with E-state index in [4.69, 9.17) is 0 Å². The van der Waals surface area contributed by atoms with Crippen molar-refractivity contribution in [2.45, 2.75) is 64.7 Å². The number of allylic oxidation sites excluding steroid dienone is 2. The molecule has 0 aromatic carbocycles.